The van der Waals surface area contributed by atoms with Crippen LogP contribution in [0.1, 0.15) is 43.3 Å². The highest BCUT2D eigenvalue weighted by Crippen LogP contribution is 2.16. The number of carbonyl (C=O) groups is 1. The summed E-state index contributed by atoms with van der Waals surface area (Å²) in [6.45, 7) is 13.1. The Labute approximate surface area is 165 Å². The van der Waals surface area contributed by atoms with Crippen LogP contribution >= 0.6 is 35.3 Å². The molecule has 0 aliphatic heterocycles. The summed E-state index contributed by atoms with van der Waals surface area (Å²) >= 11 is 1.72. The number of nitrogens with zero attached hydrogens (tertiary/aromatic N) is 2. The second-order valence-corrected chi connectivity index (χ2v) is 7.50. The Balaban J connectivity index is 0.00000529. The smallest absolute Gasteiger partial charge is 0.328 e. The van der Waals surface area contributed by atoms with Crippen molar-refractivity contribution in [3.05, 3.63) is 15.6 Å². The standard InChI is InChI=1S/C16H28N4O2S.HI/c1-7-17-15(19-10-14(21)22-16(4,5)6)18-9-8-13-20-11(2)12(3)23-13;/h7-10H2,1-6H3,(H2,17,18,19);1H. The molecule has 0 aliphatic carbocycles. The van der Waals surface area contributed by atoms with Crippen LogP contribution in [-0.2, 0) is 16.0 Å². The number of ether oxygens (including phenoxy) is 1. The molecule has 0 spiro atoms. The van der Waals surface area contributed by atoms with Gasteiger partial charge in [0.2, 0.25) is 0 Å². The molecule has 1 aromatic heterocycles. The Kier molecular flexibility index (Phi) is 10.5. The van der Waals surface area contributed by atoms with E-state index in [9.17, 15) is 4.79 Å². The van der Waals surface area contributed by atoms with E-state index in [1.807, 2.05) is 34.6 Å². The van der Waals surface area contributed by atoms with Gasteiger partial charge in [-0.05, 0) is 41.5 Å². The highest BCUT2D eigenvalue weighted by molar-refractivity contribution is 14.0. The number of halogens is 1. The first-order valence-corrected chi connectivity index (χ1v) is 8.70. The molecule has 1 rings (SSSR count). The number of aromatic nitrogens is 1. The molecule has 24 heavy (non-hydrogen) atoms. The number of hydrogen-bond donors (Lipinski definition) is 2. The quantitative estimate of drug-likeness (QED) is 0.291. The molecule has 0 amide bonds. The van der Waals surface area contributed by atoms with E-state index in [2.05, 4.69) is 27.5 Å². The van der Waals surface area contributed by atoms with E-state index < -0.39 is 5.60 Å². The number of guanidine groups is 1. The van der Waals surface area contributed by atoms with Crippen molar-refractivity contribution in [1.82, 2.24) is 15.6 Å². The van der Waals surface area contributed by atoms with E-state index in [1.165, 1.54) is 4.88 Å². The van der Waals surface area contributed by atoms with E-state index in [0.29, 0.717) is 12.5 Å². The monoisotopic (exact) mass is 468 g/mol. The molecule has 0 aliphatic rings. The van der Waals surface area contributed by atoms with Crippen molar-refractivity contribution in [1.29, 1.82) is 0 Å². The van der Waals surface area contributed by atoms with Crippen LogP contribution in [-0.4, -0.2) is 42.1 Å². The normalized spacial score (nSPS) is 11.7. The molecule has 0 saturated carbocycles. The third kappa shape index (κ3) is 9.41. The minimum absolute atomic E-state index is 0. The third-order valence-corrected chi connectivity index (χ3v) is 3.97. The van der Waals surface area contributed by atoms with Gasteiger partial charge in [0.05, 0.1) is 10.7 Å². The fraction of sp³-hybridized carbons (Fsp3) is 0.688. The van der Waals surface area contributed by atoms with Crippen LogP contribution in [0.2, 0.25) is 0 Å². The number of rotatable bonds is 6. The van der Waals surface area contributed by atoms with E-state index in [4.69, 9.17) is 4.74 Å². The number of thiazole rings is 1. The summed E-state index contributed by atoms with van der Waals surface area (Å²) in [5.41, 5.74) is 0.606. The van der Waals surface area contributed by atoms with Gasteiger partial charge in [0.15, 0.2) is 5.96 Å². The van der Waals surface area contributed by atoms with Gasteiger partial charge in [-0.3, -0.25) is 4.79 Å². The molecule has 1 heterocycles. The zero-order valence-electron chi connectivity index (χ0n) is 15.4. The Morgan fingerprint density at radius 3 is 2.46 bits per heavy atom. The van der Waals surface area contributed by atoms with E-state index in [-0.39, 0.29) is 36.5 Å². The van der Waals surface area contributed by atoms with Gasteiger partial charge < -0.3 is 15.4 Å². The van der Waals surface area contributed by atoms with E-state index in [1.54, 1.807) is 11.3 Å². The van der Waals surface area contributed by atoms with Gasteiger partial charge in [0.1, 0.15) is 12.1 Å². The maximum atomic E-state index is 11.7. The average molecular weight is 468 g/mol. The Morgan fingerprint density at radius 2 is 1.96 bits per heavy atom. The van der Waals surface area contributed by atoms with E-state index >= 15 is 0 Å². The fourth-order valence-corrected chi connectivity index (χ4v) is 2.73. The van der Waals surface area contributed by atoms with Crippen LogP contribution in [0, 0.1) is 13.8 Å². The molecule has 2 N–H and O–H groups in total. The molecule has 0 fully saturated rings. The number of nitrogens with one attached hydrogen (secondary N) is 2. The summed E-state index contributed by atoms with van der Waals surface area (Å²) in [5.74, 6) is 0.282. The molecule has 0 bridgehead atoms. The molecule has 0 saturated heterocycles. The molecule has 138 valence electrons. The lowest BCUT2D eigenvalue weighted by Gasteiger charge is -2.19. The highest BCUT2D eigenvalue weighted by atomic mass is 127. The lowest BCUT2D eigenvalue weighted by atomic mass is 10.2. The predicted molar refractivity (Wildman–Crippen MR) is 111 cm³/mol. The predicted octanol–water partition coefficient (Wildman–Crippen LogP) is 2.82. The second-order valence-electron chi connectivity index (χ2n) is 6.21. The maximum absolute atomic E-state index is 11.7. The van der Waals surface area contributed by atoms with Crippen LogP contribution in [0.3, 0.4) is 0 Å². The van der Waals surface area contributed by atoms with Crippen LogP contribution in [0.15, 0.2) is 4.99 Å². The topological polar surface area (TPSA) is 75.6 Å². The maximum Gasteiger partial charge on any atom is 0.328 e. The van der Waals surface area contributed by atoms with Crippen molar-refractivity contribution in [2.24, 2.45) is 4.99 Å². The van der Waals surface area contributed by atoms with Gasteiger partial charge in [-0.1, -0.05) is 0 Å². The Bertz CT molecular complexity index is 533. The Hall–Kier alpha value is -0.900. The molecule has 1 aromatic rings. The van der Waals surface area contributed by atoms with Crippen LogP contribution in [0.25, 0.3) is 0 Å². The minimum Gasteiger partial charge on any atom is -0.459 e. The number of carbonyl (C=O) groups excluding carboxylic acids is 1. The number of esters is 1. The molecular weight excluding hydrogens is 439 g/mol. The molecular formula is C16H29IN4O2S. The highest BCUT2D eigenvalue weighted by Gasteiger charge is 2.15. The van der Waals surface area contributed by atoms with Gasteiger partial charge in [0.25, 0.3) is 0 Å². The summed E-state index contributed by atoms with van der Waals surface area (Å²) in [7, 11) is 0. The lowest BCUT2D eigenvalue weighted by molar-refractivity contribution is -0.152. The SMILES string of the molecule is CCNC(=NCC(=O)OC(C)(C)C)NCCc1nc(C)c(C)s1.I. The van der Waals surface area contributed by atoms with Gasteiger partial charge >= 0.3 is 5.97 Å². The van der Waals surface area contributed by atoms with Crippen molar-refractivity contribution in [2.75, 3.05) is 19.6 Å². The Morgan fingerprint density at radius 1 is 1.29 bits per heavy atom. The summed E-state index contributed by atoms with van der Waals surface area (Å²) < 4.78 is 5.25. The van der Waals surface area contributed by atoms with Crippen molar-refractivity contribution >= 4 is 47.2 Å². The van der Waals surface area contributed by atoms with Gasteiger partial charge in [-0.15, -0.1) is 35.3 Å². The molecule has 0 aromatic carbocycles. The summed E-state index contributed by atoms with van der Waals surface area (Å²) in [6.07, 6.45) is 0.830. The average Bonchev–Trinajstić information content (AvgIpc) is 2.73. The summed E-state index contributed by atoms with van der Waals surface area (Å²) in [4.78, 5) is 21.7. The minimum atomic E-state index is -0.487. The van der Waals surface area contributed by atoms with Crippen molar-refractivity contribution in [3.63, 3.8) is 0 Å². The fourth-order valence-electron chi connectivity index (χ4n) is 1.79. The third-order valence-electron chi connectivity index (χ3n) is 2.83. The van der Waals surface area contributed by atoms with Crippen molar-refractivity contribution in [3.8, 4) is 0 Å². The second kappa shape index (κ2) is 10.9. The van der Waals surface area contributed by atoms with Crippen LogP contribution in [0.4, 0.5) is 0 Å². The van der Waals surface area contributed by atoms with Crippen LogP contribution in [0.5, 0.6) is 0 Å². The molecule has 0 unspecified atom stereocenters. The number of aryl methyl sites for hydroxylation is 2. The first-order valence-electron chi connectivity index (χ1n) is 7.88. The van der Waals surface area contributed by atoms with Crippen molar-refractivity contribution in [2.45, 2.75) is 53.6 Å². The first-order chi connectivity index (χ1) is 10.7. The summed E-state index contributed by atoms with van der Waals surface area (Å²) in [6, 6.07) is 0. The lowest BCUT2D eigenvalue weighted by Crippen LogP contribution is -2.39. The van der Waals surface area contributed by atoms with E-state index in [0.717, 1.165) is 23.7 Å². The molecule has 0 atom stereocenters. The number of hydrogen-bond acceptors (Lipinski definition) is 5. The largest absolute Gasteiger partial charge is 0.459 e. The molecule has 6 nitrogen and oxygen atoms in total. The zero-order chi connectivity index (χ0) is 17.5. The van der Waals surface area contributed by atoms with Gasteiger partial charge in [0, 0.05) is 24.4 Å². The van der Waals surface area contributed by atoms with Crippen molar-refractivity contribution < 1.29 is 9.53 Å². The summed E-state index contributed by atoms with van der Waals surface area (Å²) in [5, 5.41) is 7.44. The molecule has 0 radical (unpaired) electrons. The molecule has 8 heteroatoms. The zero-order valence-corrected chi connectivity index (χ0v) is 18.5. The van der Waals surface area contributed by atoms with Gasteiger partial charge in [-0.2, -0.15) is 0 Å². The first kappa shape index (κ1) is 23.1. The van der Waals surface area contributed by atoms with Gasteiger partial charge in [-0.25, -0.2) is 9.98 Å². The number of aliphatic imine (C=N–C) groups is 1. The van der Waals surface area contributed by atoms with Crippen LogP contribution < -0.4 is 10.6 Å².